The van der Waals surface area contributed by atoms with Gasteiger partial charge in [0, 0.05) is 48.6 Å². The van der Waals surface area contributed by atoms with Gasteiger partial charge in [-0.15, -0.1) is 36.6 Å². The fourth-order valence-corrected chi connectivity index (χ4v) is 3.30. The van der Waals surface area contributed by atoms with Crippen molar-refractivity contribution >= 4 is 42.4 Å². The summed E-state index contributed by atoms with van der Waals surface area (Å²) in [5.74, 6) is 2.46. The number of hydrogen-bond donors (Lipinski definition) is 1. The molecule has 0 unspecified atom stereocenters. The Morgan fingerprint density at radius 3 is 2.76 bits per heavy atom. The molecule has 0 aliphatic carbocycles. The first-order chi connectivity index (χ1) is 7.45. The molecule has 1 N–H and O–H groups in total. The molecule has 0 aromatic carbocycles. The number of thioether (sulfide) groups is 1. The van der Waals surface area contributed by atoms with Gasteiger partial charge in [0.2, 0.25) is 0 Å². The highest BCUT2D eigenvalue weighted by atomic mass is 35.5. The van der Waals surface area contributed by atoms with E-state index in [-0.39, 0.29) is 24.8 Å². The summed E-state index contributed by atoms with van der Waals surface area (Å²) >= 11 is 1.96. The van der Waals surface area contributed by atoms with Gasteiger partial charge in [0.1, 0.15) is 5.82 Å². The second kappa shape index (κ2) is 6.69. The van der Waals surface area contributed by atoms with E-state index < -0.39 is 0 Å². The minimum atomic E-state index is 0. The highest BCUT2D eigenvalue weighted by Crippen LogP contribution is 2.35. The van der Waals surface area contributed by atoms with E-state index in [0.717, 1.165) is 26.2 Å². The summed E-state index contributed by atoms with van der Waals surface area (Å²) < 4.78 is 0. The molecule has 0 spiro atoms. The van der Waals surface area contributed by atoms with Gasteiger partial charge in [0.15, 0.2) is 0 Å². The second-order valence-corrected chi connectivity index (χ2v) is 5.08. The highest BCUT2D eigenvalue weighted by molar-refractivity contribution is 7.99. The normalized spacial score (nSPS) is 18.0. The first-order valence-electron chi connectivity index (χ1n) is 5.51. The molecular weight excluding hydrogens is 277 g/mol. The Labute approximate surface area is 119 Å². The molecule has 1 aromatic rings. The van der Waals surface area contributed by atoms with Crippen LogP contribution < -0.4 is 10.2 Å². The minimum Gasteiger partial charge on any atom is -0.354 e. The number of aromatic nitrogens is 1. The molecule has 0 amide bonds. The molecule has 0 bridgehead atoms. The van der Waals surface area contributed by atoms with E-state index in [1.807, 2.05) is 18.0 Å². The van der Waals surface area contributed by atoms with Crippen molar-refractivity contribution in [2.45, 2.75) is 11.3 Å². The number of piperazine rings is 1. The number of hydrogen-bond acceptors (Lipinski definition) is 4. The van der Waals surface area contributed by atoms with Crippen LogP contribution in [0.4, 0.5) is 5.82 Å². The molecule has 3 nitrogen and oxygen atoms in total. The number of nitrogens with zero attached hydrogens (tertiary/aromatic N) is 2. The Kier molecular flexibility index (Phi) is 5.86. The van der Waals surface area contributed by atoms with Gasteiger partial charge < -0.3 is 10.2 Å². The number of rotatable bonds is 1. The van der Waals surface area contributed by atoms with Gasteiger partial charge in [0.05, 0.1) is 0 Å². The fraction of sp³-hybridized carbons (Fsp3) is 0.545. The number of pyridine rings is 1. The summed E-state index contributed by atoms with van der Waals surface area (Å²) in [6, 6.07) is 2.15. The van der Waals surface area contributed by atoms with Crippen LogP contribution in [-0.4, -0.2) is 36.9 Å². The number of nitrogens with one attached hydrogen (secondary N) is 1. The molecule has 0 saturated carbocycles. The zero-order valence-corrected chi connectivity index (χ0v) is 12.0. The van der Waals surface area contributed by atoms with Gasteiger partial charge in [0.25, 0.3) is 0 Å². The van der Waals surface area contributed by atoms with Crippen LogP contribution in [0.2, 0.25) is 0 Å². The monoisotopic (exact) mass is 293 g/mol. The predicted octanol–water partition coefficient (Wildman–Crippen LogP) is 1.98. The van der Waals surface area contributed by atoms with Gasteiger partial charge in [-0.3, -0.25) is 0 Å². The van der Waals surface area contributed by atoms with E-state index in [2.05, 4.69) is 21.3 Å². The van der Waals surface area contributed by atoms with E-state index in [9.17, 15) is 0 Å². The fourth-order valence-electron chi connectivity index (χ4n) is 2.25. The van der Waals surface area contributed by atoms with Crippen LogP contribution in [0, 0.1) is 0 Å². The SMILES string of the molecule is Cl.Cl.c1cc2c(c(N3CCNCC3)n1)CCS2. The average molecular weight is 294 g/mol. The van der Waals surface area contributed by atoms with Crippen LogP contribution >= 0.6 is 36.6 Å². The molecule has 96 valence electrons. The third-order valence-corrected chi connectivity index (χ3v) is 4.12. The Balaban J connectivity index is 0.000000722. The van der Waals surface area contributed by atoms with Crippen LogP contribution in [0.25, 0.3) is 0 Å². The highest BCUT2D eigenvalue weighted by Gasteiger charge is 2.21. The third kappa shape index (κ3) is 2.99. The maximum Gasteiger partial charge on any atom is 0.132 e. The molecule has 3 rings (SSSR count). The molecule has 3 heterocycles. The largest absolute Gasteiger partial charge is 0.354 e. The van der Waals surface area contributed by atoms with Gasteiger partial charge >= 0.3 is 0 Å². The molecule has 0 atom stereocenters. The van der Waals surface area contributed by atoms with Gasteiger partial charge in [-0.25, -0.2) is 4.98 Å². The zero-order valence-electron chi connectivity index (χ0n) is 9.52. The van der Waals surface area contributed by atoms with Crippen molar-refractivity contribution < 1.29 is 0 Å². The number of anilines is 1. The lowest BCUT2D eigenvalue weighted by atomic mass is 10.2. The quantitative estimate of drug-likeness (QED) is 0.857. The lowest BCUT2D eigenvalue weighted by molar-refractivity contribution is 0.583. The van der Waals surface area contributed by atoms with E-state index >= 15 is 0 Å². The van der Waals surface area contributed by atoms with Gasteiger partial charge in [-0.1, -0.05) is 0 Å². The maximum absolute atomic E-state index is 4.56. The summed E-state index contributed by atoms with van der Waals surface area (Å²) in [4.78, 5) is 8.42. The zero-order chi connectivity index (χ0) is 10.1. The van der Waals surface area contributed by atoms with E-state index in [0.29, 0.717) is 0 Å². The summed E-state index contributed by atoms with van der Waals surface area (Å²) in [5.41, 5.74) is 1.48. The first-order valence-corrected chi connectivity index (χ1v) is 6.50. The standard InChI is InChI=1S/C11H15N3S.2ClH/c1-3-13-11(9-2-8-15-10(1)9)14-6-4-12-5-7-14;;/h1,3,12H,2,4-8H2;2*1H. The Morgan fingerprint density at radius 1 is 1.24 bits per heavy atom. The maximum atomic E-state index is 4.56. The van der Waals surface area contributed by atoms with Crippen molar-refractivity contribution in [1.29, 1.82) is 0 Å². The van der Waals surface area contributed by atoms with Crippen molar-refractivity contribution in [3.63, 3.8) is 0 Å². The van der Waals surface area contributed by atoms with Crippen LogP contribution in [0.5, 0.6) is 0 Å². The third-order valence-electron chi connectivity index (χ3n) is 3.02. The molecule has 2 aliphatic heterocycles. The molecule has 17 heavy (non-hydrogen) atoms. The molecule has 0 radical (unpaired) electrons. The molecule has 6 heteroatoms. The van der Waals surface area contributed by atoms with Crippen molar-refractivity contribution in [3.05, 3.63) is 17.8 Å². The summed E-state index contributed by atoms with van der Waals surface area (Å²) in [5, 5.41) is 3.38. The average Bonchev–Trinajstić information content (AvgIpc) is 2.78. The predicted molar refractivity (Wildman–Crippen MR) is 78.2 cm³/mol. The lowest BCUT2D eigenvalue weighted by Crippen LogP contribution is -2.44. The van der Waals surface area contributed by atoms with Crippen molar-refractivity contribution in [3.8, 4) is 0 Å². The molecule has 1 fully saturated rings. The first kappa shape index (κ1) is 14.9. The van der Waals surface area contributed by atoms with Crippen LogP contribution in [-0.2, 0) is 6.42 Å². The van der Waals surface area contributed by atoms with Crippen molar-refractivity contribution in [2.75, 3.05) is 36.8 Å². The summed E-state index contributed by atoms with van der Waals surface area (Å²) in [6.45, 7) is 4.35. The minimum absolute atomic E-state index is 0. The summed E-state index contributed by atoms with van der Waals surface area (Å²) in [7, 11) is 0. The molecular formula is C11H17Cl2N3S. The number of fused-ring (bicyclic) bond motifs is 1. The van der Waals surface area contributed by atoms with E-state index in [1.165, 1.54) is 28.5 Å². The Bertz CT molecular complexity index is 370. The van der Waals surface area contributed by atoms with Gasteiger partial charge in [-0.2, -0.15) is 0 Å². The van der Waals surface area contributed by atoms with Gasteiger partial charge in [-0.05, 0) is 12.5 Å². The Morgan fingerprint density at radius 2 is 2.00 bits per heavy atom. The van der Waals surface area contributed by atoms with Crippen LogP contribution in [0.15, 0.2) is 17.2 Å². The lowest BCUT2D eigenvalue weighted by Gasteiger charge is -2.29. The van der Waals surface area contributed by atoms with Crippen LogP contribution in [0.1, 0.15) is 5.56 Å². The topological polar surface area (TPSA) is 28.2 Å². The molecule has 1 aromatic heterocycles. The van der Waals surface area contributed by atoms with E-state index in [4.69, 9.17) is 0 Å². The Hall–Kier alpha value is -0.160. The van der Waals surface area contributed by atoms with E-state index in [1.54, 1.807) is 0 Å². The van der Waals surface area contributed by atoms with Crippen molar-refractivity contribution in [2.24, 2.45) is 0 Å². The number of halogens is 2. The molecule has 2 aliphatic rings. The smallest absolute Gasteiger partial charge is 0.132 e. The molecule has 1 saturated heterocycles. The second-order valence-electron chi connectivity index (χ2n) is 3.95. The van der Waals surface area contributed by atoms with Crippen molar-refractivity contribution in [1.82, 2.24) is 10.3 Å². The van der Waals surface area contributed by atoms with Crippen LogP contribution in [0.3, 0.4) is 0 Å². The summed E-state index contributed by atoms with van der Waals surface area (Å²) in [6.07, 6.45) is 3.14.